The van der Waals surface area contributed by atoms with E-state index in [0.717, 1.165) is 36.1 Å². The molecule has 4 rings (SSSR count). The molecule has 0 spiro atoms. The Morgan fingerprint density at radius 2 is 1.74 bits per heavy atom. The fraction of sp³-hybridized carbons (Fsp3) is 0.600. The van der Waals surface area contributed by atoms with Gasteiger partial charge < -0.3 is 14.9 Å². The minimum absolute atomic E-state index is 0.00194. The molecule has 1 aliphatic carbocycles. The Morgan fingerprint density at radius 1 is 1.00 bits per heavy atom. The maximum atomic E-state index is 13.9. The van der Waals surface area contributed by atoms with Crippen molar-refractivity contribution in [2.45, 2.75) is 81.8 Å². The van der Waals surface area contributed by atoms with Crippen molar-refractivity contribution < 1.29 is 33.1 Å². The summed E-state index contributed by atoms with van der Waals surface area (Å²) >= 11 is 0. The van der Waals surface area contributed by atoms with Crippen molar-refractivity contribution in [3.63, 3.8) is 0 Å². The highest BCUT2D eigenvalue weighted by atomic mass is 19.3. The molecule has 3 aliphatic rings. The summed E-state index contributed by atoms with van der Waals surface area (Å²) in [7, 11) is 0. The summed E-state index contributed by atoms with van der Waals surface area (Å²) in [6, 6.07) is 7.50. The quantitative estimate of drug-likeness (QED) is 0.582. The van der Waals surface area contributed by atoms with Gasteiger partial charge in [-0.05, 0) is 56.4 Å². The van der Waals surface area contributed by atoms with Gasteiger partial charge in [0.05, 0.1) is 6.04 Å². The van der Waals surface area contributed by atoms with Gasteiger partial charge >= 0.3 is 11.9 Å². The van der Waals surface area contributed by atoms with Gasteiger partial charge in [0.25, 0.3) is 0 Å². The van der Waals surface area contributed by atoms with E-state index in [1.807, 2.05) is 30.3 Å². The monoisotopic (exact) mass is 476 g/mol. The SMILES string of the molecule is O=C([C@@H]1C[C@@H]2CCC[C@@H]2N1C(=O)CCCc1ccccc1)N1CCC[C@H]1C(=O)C(F)(F)C(=O)O. The van der Waals surface area contributed by atoms with Crippen molar-refractivity contribution in [3.8, 4) is 0 Å². The van der Waals surface area contributed by atoms with Crippen molar-refractivity contribution in [2.24, 2.45) is 5.92 Å². The van der Waals surface area contributed by atoms with E-state index >= 15 is 0 Å². The fourth-order valence-electron chi connectivity index (χ4n) is 5.90. The number of nitrogens with zero attached hydrogens (tertiary/aromatic N) is 2. The molecule has 1 aromatic carbocycles. The first-order chi connectivity index (χ1) is 16.2. The number of fused-ring (bicyclic) bond motifs is 1. The van der Waals surface area contributed by atoms with Crippen LogP contribution in [0.5, 0.6) is 0 Å². The summed E-state index contributed by atoms with van der Waals surface area (Å²) in [5.74, 6) is -9.27. The number of carbonyl (C=O) groups excluding carboxylic acids is 3. The lowest BCUT2D eigenvalue weighted by atomic mass is 10.0. The number of rotatable bonds is 8. The summed E-state index contributed by atoms with van der Waals surface area (Å²) in [6.07, 6.45) is 5.12. The van der Waals surface area contributed by atoms with E-state index < -0.39 is 35.7 Å². The molecule has 0 aromatic heterocycles. The Morgan fingerprint density at radius 3 is 2.44 bits per heavy atom. The van der Waals surface area contributed by atoms with Crippen LogP contribution >= 0.6 is 0 Å². The van der Waals surface area contributed by atoms with Crippen LogP contribution in [-0.4, -0.2) is 69.1 Å². The summed E-state index contributed by atoms with van der Waals surface area (Å²) in [4.78, 5) is 52.7. The summed E-state index contributed by atoms with van der Waals surface area (Å²) in [5, 5.41) is 8.77. The molecule has 2 amide bonds. The van der Waals surface area contributed by atoms with Gasteiger partial charge in [-0.2, -0.15) is 8.78 Å². The van der Waals surface area contributed by atoms with Gasteiger partial charge in [-0.25, -0.2) is 4.79 Å². The van der Waals surface area contributed by atoms with Crippen molar-refractivity contribution >= 4 is 23.6 Å². The van der Waals surface area contributed by atoms with Crippen molar-refractivity contribution in [3.05, 3.63) is 35.9 Å². The first-order valence-corrected chi connectivity index (χ1v) is 12.0. The number of alkyl halides is 2. The Hall–Kier alpha value is -2.84. The largest absolute Gasteiger partial charge is 0.476 e. The molecule has 0 radical (unpaired) electrons. The number of carbonyl (C=O) groups is 4. The number of aryl methyl sites for hydroxylation is 1. The van der Waals surface area contributed by atoms with E-state index in [9.17, 15) is 28.0 Å². The lowest BCUT2D eigenvalue weighted by Crippen LogP contribution is -2.55. The number of hydrogen-bond acceptors (Lipinski definition) is 4. The Labute approximate surface area is 197 Å². The van der Waals surface area contributed by atoms with E-state index in [1.54, 1.807) is 4.90 Å². The minimum Gasteiger partial charge on any atom is -0.476 e. The Bertz CT molecular complexity index is 954. The first kappa shape index (κ1) is 24.3. The smallest absolute Gasteiger partial charge is 0.401 e. The van der Waals surface area contributed by atoms with E-state index in [0.29, 0.717) is 19.3 Å². The summed E-state index contributed by atoms with van der Waals surface area (Å²) in [5.41, 5.74) is 1.13. The zero-order chi connectivity index (χ0) is 24.5. The van der Waals surface area contributed by atoms with Crippen LogP contribution in [0.15, 0.2) is 30.3 Å². The molecule has 1 saturated carbocycles. The van der Waals surface area contributed by atoms with Gasteiger partial charge in [-0.15, -0.1) is 0 Å². The Kier molecular flexibility index (Phi) is 7.00. The van der Waals surface area contributed by atoms with Crippen molar-refractivity contribution in [2.75, 3.05) is 6.54 Å². The van der Waals surface area contributed by atoms with Crippen molar-refractivity contribution in [1.29, 1.82) is 0 Å². The van der Waals surface area contributed by atoms with E-state index in [-0.39, 0.29) is 37.3 Å². The second kappa shape index (κ2) is 9.80. The molecule has 2 heterocycles. The predicted octanol–water partition coefficient (Wildman–Crippen LogP) is 3.06. The number of carboxylic acids is 1. The molecule has 2 aliphatic heterocycles. The normalized spacial score (nSPS) is 26.5. The average molecular weight is 477 g/mol. The molecule has 0 unspecified atom stereocenters. The van der Waals surface area contributed by atoms with E-state index in [1.165, 1.54) is 0 Å². The van der Waals surface area contributed by atoms with E-state index in [4.69, 9.17) is 5.11 Å². The maximum absolute atomic E-state index is 13.9. The molecule has 2 saturated heterocycles. The molecule has 7 nitrogen and oxygen atoms in total. The summed E-state index contributed by atoms with van der Waals surface area (Å²) in [6.45, 7) is 0.104. The highest BCUT2D eigenvalue weighted by Crippen LogP contribution is 2.43. The van der Waals surface area contributed by atoms with Crippen LogP contribution in [0.3, 0.4) is 0 Å². The number of carboxylic acid groups (broad SMARTS) is 1. The number of benzene rings is 1. The van der Waals surface area contributed by atoms with Crippen molar-refractivity contribution in [1.82, 2.24) is 9.80 Å². The second-order valence-corrected chi connectivity index (χ2v) is 9.58. The molecule has 34 heavy (non-hydrogen) atoms. The molecule has 184 valence electrons. The standard InChI is InChI=1S/C25H30F2N2O5/c26-25(27,24(33)34)22(31)19-12-6-14-28(19)23(32)20-15-17-10-5-11-18(17)29(20)21(30)13-4-9-16-7-2-1-3-8-16/h1-3,7-8,17-20H,4-6,9-15H2,(H,33,34)/t17-,18-,19-,20-/m0/s1. The fourth-order valence-corrected chi connectivity index (χ4v) is 5.90. The number of hydrogen-bond donors (Lipinski definition) is 1. The molecule has 0 bridgehead atoms. The maximum Gasteiger partial charge on any atom is 0.401 e. The number of Topliss-reactive ketones (excluding diaryl/α,β-unsaturated/α-hetero) is 1. The number of aliphatic carboxylic acids is 1. The van der Waals surface area contributed by atoms with Crippen LogP contribution in [0.4, 0.5) is 8.78 Å². The van der Waals surface area contributed by atoms with Crippen LogP contribution in [0.25, 0.3) is 0 Å². The Balaban J connectivity index is 1.47. The molecule has 4 atom stereocenters. The van der Waals surface area contributed by atoms with Gasteiger partial charge in [0.2, 0.25) is 17.6 Å². The highest BCUT2D eigenvalue weighted by molar-refractivity contribution is 6.08. The molecule has 9 heteroatoms. The zero-order valence-corrected chi connectivity index (χ0v) is 19.0. The van der Waals surface area contributed by atoms with Gasteiger partial charge in [-0.3, -0.25) is 14.4 Å². The van der Waals surface area contributed by atoms with Crippen LogP contribution in [0, 0.1) is 5.92 Å². The third-order valence-electron chi connectivity index (χ3n) is 7.53. The summed E-state index contributed by atoms with van der Waals surface area (Å²) < 4.78 is 27.9. The number of ketones is 1. The lowest BCUT2D eigenvalue weighted by molar-refractivity contribution is -0.174. The molecule has 1 N–H and O–H groups in total. The van der Waals surface area contributed by atoms with Crippen LogP contribution < -0.4 is 0 Å². The average Bonchev–Trinajstić information content (AvgIpc) is 3.54. The number of likely N-dealkylation sites (tertiary alicyclic amines) is 2. The molecule has 1 aromatic rings. The van der Waals surface area contributed by atoms with E-state index in [2.05, 4.69) is 0 Å². The first-order valence-electron chi connectivity index (χ1n) is 12.0. The zero-order valence-electron chi connectivity index (χ0n) is 19.0. The lowest BCUT2D eigenvalue weighted by Gasteiger charge is -2.34. The second-order valence-electron chi connectivity index (χ2n) is 9.58. The molecular formula is C25H30F2N2O5. The van der Waals surface area contributed by atoms with Crippen LogP contribution in [0.1, 0.15) is 56.9 Å². The number of amides is 2. The van der Waals surface area contributed by atoms with Gasteiger partial charge in [0.15, 0.2) is 0 Å². The molecule has 3 fully saturated rings. The van der Waals surface area contributed by atoms with Crippen LogP contribution in [0.2, 0.25) is 0 Å². The van der Waals surface area contributed by atoms with Gasteiger partial charge in [-0.1, -0.05) is 36.8 Å². The number of halogens is 2. The van der Waals surface area contributed by atoms with Gasteiger partial charge in [0, 0.05) is 19.0 Å². The van der Waals surface area contributed by atoms with Crippen LogP contribution in [-0.2, 0) is 25.6 Å². The highest BCUT2D eigenvalue weighted by Gasteiger charge is 2.55. The molecular weight excluding hydrogens is 446 g/mol. The third kappa shape index (κ3) is 4.57. The van der Waals surface area contributed by atoms with Gasteiger partial charge in [0.1, 0.15) is 6.04 Å². The topological polar surface area (TPSA) is 95.0 Å². The minimum atomic E-state index is -4.55. The third-order valence-corrected chi connectivity index (χ3v) is 7.53. The predicted molar refractivity (Wildman–Crippen MR) is 118 cm³/mol.